The lowest BCUT2D eigenvalue weighted by Gasteiger charge is -2.19. The first-order valence-corrected chi connectivity index (χ1v) is 14.5. The van der Waals surface area contributed by atoms with Crippen molar-refractivity contribution in [3.8, 4) is 0 Å². The monoisotopic (exact) mass is 594 g/mol. The predicted molar refractivity (Wildman–Crippen MR) is 169 cm³/mol. The van der Waals surface area contributed by atoms with E-state index in [-0.39, 0.29) is 35.6 Å². The number of fused-ring (bicyclic) bond motifs is 4. The molecule has 0 aromatic rings. The Kier molecular flexibility index (Phi) is 8.03. The van der Waals surface area contributed by atoms with Crippen molar-refractivity contribution in [2.24, 2.45) is 31.8 Å². The van der Waals surface area contributed by atoms with Gasteiger partial charge in [-0.3, -0.25) is 14.6 Å². The Bertz CT molecular complexity index is 1800. The van der Waals surface area contributed by atoms with Gasteiger partial charge >= 0.3 is 17.9 Å². The third-order valence-electron chi connectivity index (χ3n) is 8.79. The fourth-order valence-corrected chi connectivity index (χ4v) is 6.37. The molecule has 5 aliphatic rings. The van der Waals surface area contributed by atoms with Crippen molar-refractivity contribution in [2.75, 3.05) is 0 Å². The first-order valence-electron chi connectivity index (χ1n) is 14.5. The molecule has 10 heteroatoms. The number of rotatable bonds is 8. The summed E-state index contributed by atoms with van der Waals surface area (Å²) in [6, 6.07) is 0. The van der Waals surface area contributed by atoms with Crippen LogP contribution in [0.3, 0.4) is 0 Å². The van der Waals surface area contributed by atoms with Crippen LogP contribution < -0.4 is 0 Å². The van der Waals surface area contributed by atoms with Gasteiger partial charge in [-0.25, -0.2) is 19.8 Å². The maximum Gasteiger partial charge on any atom is 0.338 e. The molecular formula is C34H34N4O6. The van der Waals surface area contributed by atoms with E-state index in [0.29, 0.717) is 46.2 Å². The van der Waals surface area contributed by atoms with E-state index in [1.54, 1.807) is 19.1 Å². The minimum atomic E-state index is -1.24. The molecule has 44 heavy (non-hydrogen) atoms. The van der Waals surface area contributed by atoms with Gasteiger partial charge in [-0.15, -0.1) is 0 Å². The van der Waals surface area contributed by atoms with E-state index in [1.165, 1.54) is 0 Å². The van der Waals surface area contributed by atoms with Gasteiger partial charge in [-0.2, -0.15) is 0 Å². The van der Waals surface area contributed by atoms with Crippen LogP contribution in [0.4, 0.5) is 0 Å². The Labute approximate surface area is 255 Å². The van der Waals surface area contributed by atoms with Crippen LogP contribution in [-0.2, 0) is 14.4 Å². The van der Waals surface area contributed by atoms with Crippen LogP contribution in [0, 0.1) is 11.8 Å². The summed E-state index contributed by atoms with van der Waals surface area (Å²) in [5.41, 5.74) is 8.16. The minimum absolute atomic E-state index is 0.0234. The molecule has 2 atom stereocenters. The van der Waals surface area contributed by atoms with Gasteiger partial charge in [0.1, 0.15) is 0 Å². The Morgan fingerprint density at radius 2 is 1.48 bits per heavy atom. The fourth-order valence-electron chi connectivity index (χ4n) is 6.37. The first-order chi connectivity index (χ1) is 20.9. The molecule has 226 valence electrons. The predicted octanol–water partition coefficient (Wildman–Crippen LogP) is 5.95. The molecule has 0 radical (unpaired) electrons. The quantitative estimate of drug-likeness (QED) is 0.315. The van der Waals surface area contributed by atoms with Gasteiger partial charge in [0.2, 0.25) is 0 Å². The van der Waals surface area contributed by atoms with Crippen LogP contribution in [0.25, 0.3) is 0 Å². The Morgan fingerprint density at radius 3 is 2.09 bits per heavy atom. The Morgan fingerprint density at radius 1 is 0.841 bits per heavy atom. The van der Waals surface area contributed by atoms with Gasteiger partial charge in [-0.05, 0) is 74.1 Å². The van der Waals surface area contributed by atoms with Crippen molar-refractivity contribution >= 4 is 40.8 Å². The summed E-state index contributed by atoms with van der Waals surface area (Å²) >= 11 is 0. The summed E-state index contributed by atoms with van der Waals surface area (Å²) in [5, 5.41) is 29.8. The normalized spacial score (nSPS) is 22.9. The summed E-state index contributed by atoms with van der Waals surface area (Å²) in [7, 11) is 0. The van der Waals surface area contributed by atoms with Crippen molar-refractivity contribution < 1.29 is 29.7 Å². The largest absolute Gasteiger partial charge is 0.481 e. The fraction of sp³-hybridized carbons (Fsp3) is 0.324. The molecule has 3 N–H and O–H groups in total. The second-order valence-electron chi connectivity index (χ2n) is 11.3. The zero-order chi connectivity index (χ0) is 32.0. The number of aliphatic carboxylic acids is 3. The highest BCUT2D eigenvalue weighted by atomic mass is 16.4. The van der Waals surface area contributed by atoms with Crippen molar-refractivity contribution in [1.82, 2.24) is 0 Å². The lowest BCUT2D eigenvalue weighted by molar-refractivity contribution is -0.138. The Hall–Kier alpha value is -4.99. The molecule has 5 heterocycles. The standard InChI is InChI=1S/C34H34N4O6/c1-7-19-15(3)23-12-25-17(5)21(9-10-29(39)40)32(37-25)22(11-30(41)42)33-31(34(43)44)18(6)26(38-33)14-28-20(8-2)16(4)24(36-28)13-27(19)35-23/h7,12-14,17,21H,1,8-11H2,2-6H3,(H,39,40)(H,41,42)(H,43,44)/t17-,21-/m0/s1. The van der Waals surface area contributed by atoms with Crippen LogP contribution in [0.5, 0.6) is 0 Å². The van der Waals surface area contributed by atoms with Gasteiger partial charge in [-0.1, -0.05) is 26.5 Å². The Balaban J connectivity index is 1.88. The van der Waals surface area contributed by atoms with Crippen LogP contribution in [-0.4, -0.2) is 56.1 Å². The molecule has 8 bridgehead atoms. The number of nitrogens with zero attached hydrogens (tertiary/aromatic N) is 4. The molecule has 10 nitrogen and oxygen atoms in total. The second kappa shape index (κ2) is 11.6. The molecule has 0 spiro atoms. The van der Waals surface area contributed by atoms with E-state index < -0.39 is 30.2 Å². The molecule has 5 aliphatic heterocycles. The van der Waals surface area contributed by atoms with Crippen LogP contribution in [0.15, 0.2) is 113 Å². The van der Waals surface area contributed by atoms with E-state index in [2.05, 4.69) is 6.58 Å². The zero-order valence-corrected chi connectivity index (χ0v) is 25.4. The molecule has 0 amide bonds. The zero-order valence-electron chi connectivity index (χ0n) is 25.4. The van der Waals surface area contributed by atoms with Crippen molar-refractivity contribution in [3.05, 3.63) is 92.7 Å². The number of aliphatic imine (C=N–C) groups is 4. The number of hydrogen-bond acceptors (Lipinski definition) is 7. The number of hydrogen-bond donors (Lipinski definition) is 3. The van der Waals surface area contributed by atoms with Crippen LogP contribution in [0.2, 0.25) is 0 Å². The minimum Gasteiger partial charge on any atom is -0.481 e. The van der Waals surface area contributed by atoms with E-state index in [9.17, 15) is 29.7 Å². The molecule has 0 unspecified atom stereocenters. The third kappa shape index (κ3) is 5.21. The number of carbonyl (C=O) groups is 3. The third-order valence-corrected chi connectivity index (χ3v) is 8.79. The maximum atomic E-state index is 12.7. The highest BCUT2D eigenvalue weighted by Gasteiger charge is 2.39. The molecular weight excluding hydrogens is 560 g/mol. The average Bonchev–Trinajstić information content (AvgIpc) is 3.63. The number of carboxylic acid groups (broad SMARTS) is 3. The topological polar surface area (TPSA) is 161 Å². The highest BCUT2D eigenvalue weighted by Crippen LogP contribution is 2.42. The van der Waals surface area contributed by atoms with Crippen LogP contribution in [0.1, 0.15) is 60.3 Å². The molecule has 0 saturated heterocycles. The molecule has 5 rings (SSSR count). The highest BCUT2D eigenvalue weighted by molar-refractivity contribution is 6.30. The molecule has 0 aromatic carbocycles. The van der Waals surface area contributed by atoms with E-state index in [0.717, 1.165) is 28.0 Å². The van der Waals surface area contributed by atoms with Crippen LogP contribution >= 0.6 is 0 Å². The van der Waals surface area contributed by atoms with E-state index in [1.807, 2.05) is 39.8 Å². The number of carboxylic acids is 3. The van der Waals surface area contributed by atoms with Gasteiger partial charge < -0.3 is 15.3 Å². The number of allylic oxidation sites excluding steroid dienone is 10. The lowest BCUT2D eigenvalue weighted by atomic mass is 9.83. The second-order valence-corrected chi connectivity index (χ2v) is 11.3. The average molecular weight is 595 g/mol. The van der Waals surface area contributed by atoms with Crippen molar-refractivity contribution in [1.29, 1.82) is 0 Å². The maximum absolute atomic E-state index is 12.7. The van der Waals surface area contributed by atoms with Gasteiger partial charge in [0.15, 0.2) is 0 Å². The molecule has 0 aliphatic carbocycles. The van der Waals surface area contributed by atoms with E-state index in [4.69, 9.17) is 20.0 Å². The first kappa shape index (κ1) is 30.5. The van der Waals surface area contributed by atoms with E-state index >= 15 is 0 Å². The SMILES string of the molecule is C=CC1=C(C)C2=CC3=NC(=C(CC(=O)O)C4=NC(=CC5=NC(=CC1=N2)C(C)=C5CC)C(C)=C4C(=O)O)[C@@H](CCC(=O)O)[C@@H]3C. The molecule has 0 fully saturated rings. The lowest BCUT2D eigenvalue weighted by Crippen LogP contribution is -2.21. The smallest absolute Gasteiger partial charge is 0.338 e. The van der Waals surface area contributed by atoms with Gasteiger partial charge in [0.05, 0.1) is 51.9 Å². The molecule has 0 aromatic heterocycles. The summed E-state index contributed by atoms with van der Waals surface area (Å²) < 4.78 is 0. The summed E-state index contributed by atoms with van der Waals surface area (Å²) in [5.74, 6) is -4.21. The van der Waals surface area contributed by atoms with Gasteiger partial charge in [0.25, 0.3) is 0 Å². The summed E-state index contributed by atoms with van der Waals surface area (Å²) in [6.07, 6.45) is 7.40. The van der Waals surface area contributed by atoms with Crippen molar-refractivity contribution in [2.45, 2.75) is 60.3 Å². The molecule has 0 saturated carbocycles. The summed E-state index contributed by atoms with van der Waals surface area (Å²) in [4.78, 5) is 56.0. The van der Waals surface area contributed by atoms with Crippen molar-refractivity contribution in [3.63, 3.8) is 0 Å². The summed E-state index contributed by atoms with van der Waals surface area (Å²) in [6.45, 7) is 13.5. The van der Waals surface area contributed by atoms with Gasteiger partial charge in [0, 0.05) is 35.1 Å².